The maximum Gasteiger partial charge on any atom is 0.0325 e. The molecule has 1 saturated carbocycles. The highest BCUT2D eigenvalue weighted by atomic mass is 31.2. The van der Waals surface area contributed by atoms with Crippen LogP contribution in [0.25, 0.3) is 0 Å². The van der Waals surface area contributed by atoms with E-state index in [1.807, 2.05) is 0 Å². The number of hydrogen-bond donors (Lipinski definition) is 0. The molecule has 0 N–H and O–H groups in total. The first-order valence-corrected chi connectivity index (χ1v) is 20.9. The van der Waals surface area contributed by atoms with Crippen LogP contribution in [0, 0.1) is 0 Å². The van der Waals surface area contributed by atoms with Crippen LogP contribution in [-0.4, -0.2) is 28.2 Å². The van der Waals surface area contributed by atoms with Crippen LogP contribution in [-0.2, 0) is 0 Å². The lowest BCUT2D eigenvalue weighted by Crippen LogP contribution is -2.45. The van der Waals surface area contributed by atoms with Crippen molar-refractivity contribution in [3.8, 4) is 0 Å². The smallest absolute Gasteiger partial charge is 0.0325 e. The molecule has 2 unspecified atom stereocenters. The molecule has 0 bridgehead atoms. The fraction of sp³-hybridized carbons (Fsp3) is 0.163. The number of hydrogen-bond acceptors (Lipinski definition) is 2. The average Bonchev–Trinajstić information content (AvgIpc) is 3.17. The van der Waals surface area contributed by atoms with Gasteiger partial charge in [0.1, 0.15) is 0 Å². The fourth-order valence-corrected chi connectivity index (χ4v) is 15.8. The molecule has 0 heterocycles. The van der Waals surface area contributed by atoms with Crippen LogP contribution in [0.1, 0.15) is 25.7 Å². The first-order chi connectivity index (χ1) is 23.8. The zero-order valence-electron chi connectivity index (χ0n) is 27.5. The van der Waals surface area contributed by atoms with E-state index in [1.165, 1.54) is 51.1 Å². The predicted octanol–water partition coefficient (Wildman–Crippen LogP) is 8.68. The highest BCUT2D eigenvalue weighted by molar-refractivity contribution is 7.84. The minimum atomic E-state index is -0.816. The van der Waals surface area contributed by atoms with Crippen LogP contribution < -0.4 is 31.8 Å². The molecule has 7 rings (SSSR count). The van der Waals surface area contributed by atoms with Gasteiger partial charge in [0.15, 0.2) is 0 Å². The molecular formula is C43H43N2P3. The second kappa shape index (κ2) is 16.3. The first-order valence-electron chi connectivity index (χ1n) is 17.0. The summed E-state index contributed by atoms with van der Waals surface area (Å²) in [6, 6.07) is 68.7. The summed E-state index contributed by atoms with van der Waals surface area (Å²) >= 11 is 0. The Hall–Kier alpha value is -3.47. The van der Waals surface area contributed by atoms with Crippen LogP contribution in [0.3, 0.4) is 0 Å². The van der Waals surface area contributed by atoms with Gasteiger partial charge in [-0.15, -0.1) is 0 Å². The molecule has 0 spiro atoms. The minimum Gasteiger partial charge on any atom is -0.275 e. The molecule has 2 atom stereocenters. The molecule has 6 aromatic carbocycles. The summed E-state index contributed by atoms with van der Waals surface area (Å²) in [5, 5.41) is 8.53. The molecule has 0 amide bonds. The Labute approximate surface area is 290 Å². The number of rotatable bonds is 11. The summed E-state index contributed by atoms with van der Waals surface area (Å²) in [7, 11) is 0.114. The number of benzene rings is 6. The van der Waals surface area contributed by atoms with Gasteiger partial charge in [-0.2, -0.15) is 0 Å². The van der Waals surface area contributed by atoms with Gasteiger partial charge in [-0.3, -0.25) is 4.67 Å². The van der Waals surface area contributed by atoms with Crippen LogP contribution in [0.5, 0.6) is 0 Å². The van der Waals surface area contributed by atoms with Gasteiger partial charge in [0.2, 0.25) is 0 Å². The van der Waals surface area contributed by atoms with Crippen molar-refractivity contribution in [1.29, 1.82) is 0 Å². The molecule has 0 radical (unpaired) electrons. The molecule has 1 fully saturated rings. The van der Waals surface area contributed by atoms with Crippen molar-refractivity contribution in [2.75, 3.05) is 7.05 Å². The quantitative estimate of drug-likeness (QED) is 0.126. The summed E-state index contributed by atoms with van der Waals surface area (Å²) in [5.41, 5.74) is 0. The third kappa shape index (κ3) is 7.56. The summed E-state index contributed by atoms with van der Waals surface area (Å²) in [4.78, 5) is 0. The minimum absolute atomic E-state index is 0.424. The van der Waals surface area contributed by atoms with Gasteiger partial charge in [0.05, 0.1) is 0 Å². The molecule has 48 heavy (non-hydrogen) atoms. The standard InChI is InChI=1S/C43H43N2P3/c1-44(46(38-23-8-2-9-24-38)39-25-10-3-11-26-39)36-21-20-22-37(35-36)45(47(40-27-12-4-13-28-40)41-29-14-5-15-30-41)48(42-31-16-6-17-32-42)43-33-18-7-19-34-43/h2-19,23-34,36-37H,20-22,35H2,1H3. The maximum atomic E-state index is 3.02. The third-order valence-corrected chi connectivity index (χ3v) is 17.4. The van der Waals surface area contributed by atoms with Gasteiger partial charge in [-0.1, -0.05) is 188 Å². The summed E-state index contributed by atoms with van der Waals surface area (Å²) in [6.07, 6.45) is 4.80. The predicted molar refractivity (Wildman–Crippen MR) is 213 cm³/mol. The molecular weight excluding hydrogens is 637 g/mol. The molecule has 1 aliphatic rings. The largest absolute Gasteiger partial charge is 0.275 e. The van der Waals surface area contributed by atoms with E-state index in [-0.39, 0.29) is 0 Å². The van der Waals surface area contributed by atoms with E-state index in [2.05, 4.69) is 198 Å². The van der Waals surface area contributed by atoms with Crippen molar-refractivity contribution in [2.45, 2.75) is 37.8 Å². The van der Waals surface area contributed by atoms with Crippen molar-refractivity contribution in [2.24, 2.45) is 0 Å². The topological polar surface area (TPSA) is 6.48 Å². The van der Waals surface area contributed by atoms with Crippen molar-refractivity contribution in [1.82, 2.24) is 9.11 Å². The second-order valence-electron chi connectivity index (χ2n) is 12.3. The Morgan fingerprint density at radius 2 is 0.646 bits per heavy atom. The zero-order valence-corrected chi connectivity index (χ0v) is 30.2. The lowest BCUT2D eigenvalue weighted by molar-refractivity contribution is 0.241. The molecule has 1 aliphatic carbocycles. The highest BCUT2D eigenvalue weighted by Crippen LogP contribution is 2.58. The van der Waals surface area contributed by atoms with Crippen LogP contribution in [0.2, 0.25) is 0 Å². The first kappa shape index (κ1) is 33.0. The molecule has 0 saturated heterocycles. The van der Waals surface area contributed by atoms with Gasteiger partial charge in [-0.05, 0) is 58.1 Å². The van der Waals surface area contributed by atoms with E-state index >= 15 is 0 Å². The van der Waals surface area contributed by atoms with E-state index in [0.717, 1.165) is 6.42 Å². The van der Waals surface area contributed by atoms with E-state index in [0.29, 0.717) is 12.1 Å². The highest BCUT2D eigenvalue weighted by Gasteiger charge is 2.40. The van der Waals surface area contributed by atoms with Gasteiger partial charge < -0.3 is 0 Å². The SMILES string of the molecule is CN(C1CCCC(N(P(c2ccccc2)c2ccccc2)P(c2ccccc2)c2ccccc2)C1)P(c1ccccc1)c1ccccc1. The molecule has 2 nitrogen and oxygen atoms in total. The molecule has 240 valence electrons. The van der Waals surface area contributed by atoms with Crippen LogP contribution in [0.15, 0.2) is 182 Å². The Morgan fingerprint density at radius 1 is 0.375 bits per heavy atom. The van der Waals surface area contributed by atoms with Crippen molar-refractivity contribution in [3.05, 3.63) is 182 Å². The summed E-state index contributed by atoms with van der Waals surface area (Å²) < 4.78 is 5.78. The zero-order chi connectivity index (χ0) is 32.5. The van der Waals surface area contributed by atoms with Crippen LogP contribution in [0.4, 0.5) is 0 Å². The Kier molecular flexibility index (Phi) is 11.2. The van der Waals surface area contributed by atoms with E-state index < -0.39 is 24.2 Å². The van der Waals surface area contributed by atoms with Gasteiger partial charge in [0.25, 0.3) is 0 Å². The van der Waals surface area contributed by atoms with Crippen molar-refractivity contribution >= 4 is 56.0 Å². The number of nitrogens with zero attached hydrogens (tertiary/aromatic N) is 2. The normalized spacial score (nSPS) is 16.6. The van der Waals surface area contributed by atoms with Crippen LogP contribution >= 0.6 is 24.2 Å². The molecule has 0 aliphatic heterocycles. The second-order valence-corrected chi connectivity index (χ2v) is 19.1. The summed E-state index contributed by atoms with van der Waals surface area (Å²) in [6.45, 7) is 0. The molecule has 5 heteroatoms. The van der Waals surface area contributed by atoms with E-state index in [1.54, 1.807) is 0 Å². The Balaban J connectivity index is 1.35. The molecule has 6 aromatic rings. The monoisotopic (exact) mass is 680 g/mol. The van der Waals surface area contributed by atoms with Crippen molar-refractivity contribution in [3.63, 3.8) is 0 Å². The van der Waals surface area contributed by atoms with Gasteiger partial charge in [0, 0.05) is 36.3 Å². The average molecular weight is 681 g/mol. The summed E-state index contributed by atoms with van der Waals surface area (Å²) in [5.74, 6) is 0. The van der Waals surface area contributed by atoms with Crippen molar-refractivity contribution < 1.29 is 0 Å². The third-order valence-electron chi connectivity index (χ3n) is 9.20. The lowest BCUT2D eigenvalue weighted by atomic mass is 9.92. The van der Waals surface area contributed by atoms with Gasteiger partial charge in [-0.25, -0.2) is 4.44 Å². The Morgan fingerprint density at radius 3 is 0.958 bits per heavy atom. The van der Waals surface area contributed by atoms with E-state index in [4.69, 9.17) is 0 Å². The fourth-order valence-electron chi connectivity index (χ4n) is 6.97. The van der Waals surface area contributed by atoms with Gasteiger partial charge >= 0.3 is 0 Å². The van der Waals surface area contributed by atoms with E-state index in [9.17, 15) is 0 Å². The Bertz CT molecular complexity index is 1610. The molecule has 0 aromatic heterocycles. The lowest BCUT2D eigenvalue weighted by Gasteiger charge is -2.48. The maximum absolute atomic E-state index is 3.02.